The maximum atomic E-state index is 12.3. The van der Waals surface area contributed by atoms with E-state index in [0.717, 1.165) is 21.7 Å². The molecule has 0 aliphatic carbocycles. The highest BCUT2D eigenvalue weighted by atomic mass is 32.2. The highest BCUT2D eigenvalue weighted by Gasteiger charge is 2.09. The van der Waals surface area contributed by atoms with Crippen molar-refractivity contribution in [3.05, 3.63) is 77.9 Å². The van der Waals surface area contributed by atoms with Crippen molar-refractivity contribution in [1.29, 1.82) is 0 Å². The second-order valence-electron chi connectivity index (χ2n) is 6.55. The maximum Gasteiger partial charge on any atom is 0.234 e. The zero-order valence-corrected chi connectivity index (χ0v) is 17.3. The molecule has 3 aromatic rings. The lowest BCUT2D eigenvalue weighted by atomic mass is 10.2. The van der Waals surface area contributed by atoms with Gasteiger partial charge in [-0.1, -0.05) is 24.3 Å². The van der Waals surface area contributed by atoms with Crippen molar-refractivity contribution in [1.82, 2.24) is 0 Å². The van der Waals surface area contributed by atoms with E-state index in [2.05, 4.69) is 10.6 Å². The second kappa shape index (κ2) is 9.89. The summed E-state index contributed by atoms with van der Waals surface area (Å²) in [4.78, 5) is 13.3. The van der Waals surface area contributed by atoms with Crippen molar-refractivity contribution in [3.63, 3.8) is 0 Å². The van der Waals surface area contributed by atoms with Crippen LogP contribution in [0.2, 0.25) is 0 Å². The van der Waals surface area contributed by atoms with Gasteiger partial charge in [-0.3, -0.25) is 4.79 Å². The Morgan fingerprint density at radius 3 is 2.55 bits per heavy atom. The van der Waals surface area contributed by atoms with Gasteiger partial charge in [-0.05, 0) is 55.0 Å². The van der Waals surface area contributed by atoms with Crippen LogP contribution in [0.4, 0.5) is 11.4 Å². The molecule has 150 valence electrons. The average molecular weight is 409 g/mol. The predicted octanol–water partition coefficient (Wildman–Crippen LogP) is 5.05. The number of carbonyl (C=O) groups is 1. The molecule has 0 aliphatic rings. The van der Waals surface area contributed by atoms with Gasteiger partial charge < -0.3 is 20.5 Å². The molecular formula is C23H24N2O3S. The number of methoxy groups -OCH3 is 1. The van der Waals surface area contributed by atoms with Gasteiger partial charge in [-0.15, -0.1) is 11.8 Å². The molecule has 29 heavy (non-hydrogen) atoms. The minimum atomic E-state index is -0.0827. The van der Waals surface area contributed by atoms with E-state index in [9.17, 15) is 9.90 Å². The first-order valence-corrected chi connectivity index (χ1v) is 10.2. The van der Waals surface area contributed by atoms with Crippen molar-refractivity contribution < 1.29 is 14.6 Å². The van der Waals surface area contributed by atoms with Gasteiger partial charge in [-0.25, -0.2) is 0 Å². The summed E-state index contributed by atoms with van der Waals surface area (Å²) in [6, 6.07) is 20.8. The van der Waals surface area contributed by atoms with Gasteiger partial charge in [0.15, 0.2) is 0 Å². The number of carbonyl (C=O) groups excluding carboxylic acids is 1. The van der Waals surface area contributed by atoms with Crippen LogP contribution in [0.25, 0.3) is 0 Å². The van der Waals surface area contributed by atoms with Gasteiger partial charge in [0.25, 0.3) is 0 Å². The smallest absolute Gasteiger partial charge is 0.234 e. The maximum absolute atomic E-state index is 12.3. The number of para-hydroxylation sites is 1. The third kappa shape index (κ3) is 5.93. The molecule has 0 saturated carbocycles. The third-order valence-electron chi connectivity index (χ3n) is 4.33. The summed E-state index contributed by atoms with van der Waals surface area (Å²) in [5, 5.41) is 16.0. The predicted molar refractivity (Wildman–Crippen MR) is 119 cm³/mol. The first-order chi connectivity index (χ1) is 14.0. The Bertz CT molecular complexity index is 974. The van der Waals surface area contributed by atoms with Crippen LogP contribution < -0.4 is 15.4 Å². The standard InChI is InChI=1S/C23H24N2O3S/c1-16-7-12-22(28-2)20(13-16)25-23(27)15-29-19-10-8-18(9-11-19)24-14-17-5-3-4-6-21(17)26/h3-13,24,26H,14-15H2,1-2H3,(H,25,27). The minimum Gasteiger partial charge on any atom is -0.508 e. The number of thioether (sulfide) groups is 1. The minimum absolute atomic E-state index is 0.0827. The molecule has 0 unspecified atom stereocenters. The Morgan fingerprint density at radius 1 is 1.07 bits per heavy atom. The Kier molecular flexibility index (Phi) is 7.03. The molecule has 0 aliphatic heterocycles. The number of phenolic OH excluding ortho intramolecular Hbond substituents is 1. The average Bonchev–Trinajstić information content (AvgIpc) is 2.73. The molecule has 0 atom stereocenters. The van der Waals surface area contributed by atoms with Crippen molar-refractivity contribution in [3.8, 4) is 11.5 Å². The van der Waals surface area contributed by atoms with E-state index in [1.165, 1.54) is 11.8 Å². The van der Waals surface area contributed by atoms with E-state index in [-0.39, 0.29) is 11.7 Å². The van der Waals surface area contributed by atoms with Gasteiger partial charge in [0, 0.05) is 22.7 Å². The fourth-order valence-electron chi connectivity index (χ4n) is 2.78. The van der Waals surface area contributed by atoms with Gasteiger partial charge in [-0.2, -0.15) is 0 Å². The number of aromatic hydroxyl groups is 1. The summed E-state index contributed by atoms with van der Waals surface area (Å²) in [6.45, 7) is 2.51. The molecular weight excluding hydrogens is 384 g/mol. The van der Waals surface area contributed by atoms with Crippen molar-refractivity contribution >= 4 is 29.0 Å². The van der Waals surface area contributed by atoms with Gasteiger partial charge in [0.2, 0.25) is 5.91 Å². The van der Waals surface area contributed by atoms with Gasteiger partial charge in [0.05, 0.1) is 18.6 Å². The number of hydrogen-bond donors (Lipinski definition) is 3. The van der Waals surface area contributed by atoms with Crippen LogP contribution in [0.15, 0.2) is 71.6 Å². The van der Waals surface area contributed by atoms with E-state index in [1.807, 2.05) is 61.5 Å². The van der Waals surface area contributed by atoms with Crippen LogP contribution in [-0.2, 0) is 11.3 Å². The lowest BCUT2D eigenvalue weighted by Crippen LogP contribution is -2.14. The molecule has 3 aromatic carbocycles. The number of hydrogen-bond acceptors (Lipinski definition) is 5. The van der Waals surface area contributed by atoms with Crippen LogP contribution in [-0.4, -0.2) is 23.9 Å². The summed E-state index contributed by atoms with van der Waals surface area (Å²) in [7, 11) is 1.59. The fourth-order valence-corrected chi connectivity index (χ4v) is 3.48. The number of rotatable bonds is 8. The van der Waals surface area contributed by atoms with Crippen molar-refractivity contribution in [2.75, 3.05) is 23.5 Å². The van der Waals surface area contributed by atoms with E-state index in [0.29, 0.717) is 23.7 Å². The molecule has 5 nitrogen and oxygen atoms in total. The van der Waals surface area contributed by atoms with E-state index >= 15 is 0 Å². The summed E-state index contributed by atoms with van der Waals surface area (Å²) in [6.07, 6.45) is 0. The van der Waals surface area contributed by atoms with Crippen LogP contribution >= 0.6 is 11.8 Å². The van der Waals surface area contributed by atoms with Crippen LogP contribution in [0.1, 0.15) is 11.1 Å². The first kappa shape index (κ1) is 20.6. The van der Waals surface area contributed by atoms with Gasteiger partial charge in [0.1, 0.15) is 11.5 Å². The third-order valence-corrected chi connectivity index (χ3v) is 5.34. The van der Waals surface area contributed by atoms with Gasteiger partial charge >= 0.3 is 0 Å². The Balaban J connectivity index is 1.50. The number of phenols is 1. The van der Waals surface area contributed by atoms with Crippen LogP contribution in [0.5, 0.6) is 11.5 Å². The Morgan fingerprint density at radius 2 is 1.83 bits per heavy atom. The molecule has 0 saturated heterocycles. The number of amides is 1. The monoisotopic (exact) mass is 408 g/mol. The Labute approximate surface area is 175 Å². The van der Waals surface area contributed by atoms with Crippen LogP contribution in [0.3, 0.4) is 0 Å². The molecule has 0 bridgehead atoms. The summed E-state index contributed by atoms with van der Waals surface area (Å²) >= 11 is 1.47. The summed E-state index contributed by atoms with van der Waals surface area (Å²) in [5.41, 5.74) is 3.53. The highest BCUT2D eigenvalue weighted by molar-refractivity contribution is 8.00. The lowest BCUT2D eigenvalue weighted by molar-refractivity contribution is -0.113. The molecule has 3 rings (SSSR count). The van der Waals surface area contributed by atoms with Crippen LogP contribution in [0, 0.1) is 6.92 Å². The molecule has 0 spiro atoms. The second-order valence-corrected chi connectivity index (χ2v) is 7.60. The number of nitrogens with one attached hydrogen (secondary N) is 2. The van der Waals surface area contributed by atoms with Crippen molar-refractivity contribution in [2.45, 2.75) is 18.4 Å². The highest BCUT2D eigenvalue weighted by Crippen LogP contribution is 2.26. The lowest BCUT2D eigenvalue weighted by Gasteiger charge is -2.11. The molecule has 3 N–H and O–H groups in total. The first-order valence-electron chi connectivity index (χ1n) is 9.23. The number of ether oxygens (including phenoxy) is 1. The molecule has 6 heteroatoms. The fraction of sp³-hybridized carbons (Fsp3) is 0.174. The number of benzene rings is 3. The SMILES string of the molecule is COc1ccc(C)cc1NC(=O)CSc1ccc(NCc2ccccc2O)cc1. The van der Waals surface area contributed by atoms with E-state index in [4.69, 9.17) is 4.74 Å². The molecule has 0 radical (unpaired) electrons. The molecule has 0 fully saturated rings. The topological polar surface area (TPSA) is 70.6 Å². The summed E-state index contributed by atoms with van der Waals surface area (Å²) in [5.74, 6) is 1.15. The molecule has 1 amide bonds. The van der Waals surface area contributed by atoms with Crippen molar-refractivity contribution in [2.24, 2.45) is 0 Å². The quantitative estimate of drug-likeness (QED) is 0.455. The normalized spacial score (nSPS) is 10.4. The zero-order chi connectivity index (χ0) is 20.6. The number of anilines is 2. The largest absolute Gasteiger partial charge is 0.508 e. The molecule has 0 heterocycles. The van der Waals surface area contributed by atoms with E-state index in [1.54, 1.807) is 19.2 Å². The molecule has 0 aromatic heterocycles. The Hall–Kier alpha value is -3.12. The summed E-state index contributed by atoms with van der Waals surface area (Å²) < 4.78 is 5.30. The van der Waals surface area contributed by atoms with E-state index < -0.39 is 0 Å². The zero-order valence-electron chi connectivity index (χ0n) is 16.4. The number of aryl methyl sites for hydroxylation is 1.